The van der Waals surface area contributed by atoms with Crippen molar-refractivity contribution in [3.05, 3.63) is 110 Å². The van der Waals surface area contributed by atoms with Crippen LogP contribution in [0.3, 0.4) is 0 Å². The molecule has 0 bridgehead atoms. The third-order valence-electron chi connectivity index (χ3n) is 4.70. The van der Waals surface area contributed by atoms with Crippen LogP contribution in [0.25, 0.3) is 5.65 Å². The third kappa shape index (κ3) is 4.76. The van der Waals surface area contributed by atoms with Crippen LogP contribution in [-0.2, 0) is 11.3 Å². The number of pyridine rings is 1. The molecule has 0 spiro atoms. The molecule has 0 saturated heterocycles. The van der Waals surface area contributed by atoms with Gasteiger partial charge in [0.25, 0.3) is 11.5 Å². The Morgan fingerprint density at radius 3 is 2.69 bits per heavy atom. The second-order valence-corrected chi connectivity index (χ2v) is 8.02. The van der Waals surface area contributed by atoms with Gasteiger partial charge in [-0.15, -0.1) is 0 Å². The molecule has 1 amide bonds. The summed E-state index contributed by atoms with van der Waals surface area (Å²) < 4.78 is 7.52. The van der Waals surface area contributed by atoms with Gasteiger partial charge in [0.2, 0.25) is 0 Å². The zero-order valence-electron chi connectivity index (χ0n) is 17.0. The van der Waals surface area contributed by atoms with Gasteiger partial charge in [-0.05, 0) is 59.3 Å². The Kier molecular flexibility index (Phi) is 6.13. The molecule has 7 nitrogen and oxygen atoms in total. The monoisotopic (exact) mass is 491 g/mol. The van der Waals surface area contributed by atoms with Crippen LogP contribution in [0.2, 0.25) is 0 Å². The van der Waals surface area contributed by atoms with E-state index < -0.39 is 5.97 Å². The van der Waals surface area contributed by atoms with Crippen molar-refractivity contribution in [1.29, 1.82) is 0 Å². The Bertz CT molecular complexity index is 1400. The molecular weight excluding hydrogens is 474 g/mol. The molecule has 0 fully saturated rings. The summed E-state index contributed by atoms with van der Waals surface area (Å²) in [5.41, 5.74) is 2.46. The quantitative estimate of drug-likeness (QED) is 0.418. The third-order valence-corrected chi connectivity index (χ3v) is 5.17. The number of nitrogens with zero attached hydrogens (tertiary/aromatic N) is 2. The summed E-state index contributed by atoms with van der Waals surface area (Å²) >= 11 is 3.32. The predicted molar refractivity (Wildman–Crippen MR) is 124 cm³/mol. The molecule has 4 rings (SSSR count). The lowest BCUT2D eigenvalue weighted by Crippen LogP contribution is -2.18. The van der Waals surface area contributed by atoms with Crippen molar-refractivity contribution >= 4 is 39.1 Å². The molecule has 0 atom stereocenters. The number of aromatic nitrogens is 2. The first-order valence-corrected chi connectivity index (χ1v) is 10.5. The minimum atomic E-state index is -0.636. The van der Waals surface area contributed by atoms with Gasteiger partial charge in [-0.3, -0.25) is 14.0 Å². The highest BCUT2D eigenvalue weighted by Gasteiger charge is 2.16. The number of hydrogen-bond acceptors (Lipinski definition) is 5. The minimum absolute atomic E-state index is 0.180. The van der Waals surface area contributed by atoms with E-state index >= 15 is 0 Å². The van der Waals surface area contributed by atoms with E-state index in [-0.39, 0.29) is 23.6 Å². The van der Waals surface area contributed by atoms with Crippen molar-refractivity contribution in [1.82, 2.24) is 9.38 Å². The van der Waals surface area contributed by atoms with Crippen LogP contribution in [0.4, 0.5) is 5.69 Å². The zero-order chi connectivity index (χ0) is 22.7. The fourth-order valence-electron chi connectivity index (χ4n) is 3.17. The van der Waals surface area contributed by atoms with E-state index in [0.29, 0.717) is 22.6 Å². The number of para-hydroxylation sites is 1. The smallest absolute Gasteiger partial charge is 0.340 e. The van der Waals surface area contributed by atoms with Gasteiger partial charge in [-0.2, -0.15) is 0 Å². The largest absolute Gasteiger partial charge is 0.456 e. The number of benzene rings is 2. The molecule has 0 aliphatic carbocycles. The number of carbonyl (C=O) groups excluding carboxylic acids is 2. The fraction of sp³-hybridized carbons (Fsp3) is 0.0833. The zero-order valence-corrected chi connectivity index (χ0v) is 18.6. The first kappa shape index (κ1) is 21.5. The van der Waals surface area contributed by atoms with Crippen LogP contribution < -0.4 is 10.9 Å². The van der Waals surface area contributed by atoms with Crippen molar-refractivity contribution in [3.63, 3.8) is 0 Å². The van der Waals surface area contributed by atoms with Crippen LogP contribution in [0, 0.1) is 6.92 Å². The van der Waals surface area contributed by atoms with Crippen LogP contribution in [0.15, 0.2) is 82.2 Å². The standard InChI is InChI=1S/C24H18BrN3O4/c1-15-5-4-6-16(11-15)23(30)27-20-8-3-2-7-19(20)24(31)32-14-18-12-22(29)28-13-17(25)9-10-21(28)26-18/h2-13H,14H2,1H3,(H,27,30). The Labute approximate surface area is 191 Å². The molecule has 0 unspecified atom stereocenters. The molecule has 0 aliphatic rings. The molecule has 32 heavy (non-hydrogen) atoms. The summed E-state index contributed by atoms with van der Waals surface area (Å²) in [6.07, 6.45) is 1.62. The molecule has 2 aromatic heterocycles. The maximum absolute atomic E-state index is 12.7. The Morgan fingerprint density at radius 2 is 1.88 bits per heavy atom. The molecule has 0 aliphatic heterocycles. The SMILES string of the molecule is Cc1cccc(C(=O)Nc2ccccc2C(=O)OCc2cc(=O)n3cc(Br)ccc3n2)c1. The van der Waals surface area contributed by atoms with Crippen LogP contribution in [0.1, 0.15) is 32.0 Å². The fourth-order valence-corrected chi connectivity index (χ4v) is 3.51. The number of anilines is 1. The summed E-state index contributed by atoms with van der Waals surface area (Å²) in [7, 11) is 0. The Morgan fingerprint density at radius 1 is 1.06 bits per heavy atom. The highest BCUT2D eigenvalue weighted by atomic mass is 79.9. The normalized spacial score (nSPS) is 10.7. The van der Waals surface area contributed by atoms with E-state index in [4.69, 9.17) is 4.74 Å². The van der Waals surface area contributed by atoms with Crippen molar-refractivity contribution in [2.45, 2.75) is 13.5 Å². The van der Waals surface area contributed by atoms with Crippen molar-refractivity contribution in [2.75, 3.05) is 5.32 Å². The van der Waals surface area contributed by atoms with Crippen LogP contribution >= 0.6 is 15.9 Å². The van der Waals surface area contributed by atoms with E-state index in [1.54, 1.807) is 60.8 Å². The van der Waals surface area contributed by atoms with Gasteiger partial charge in [0.1, 0.15) is 12.3 Å². The van der Waals surface area contributed by atoms with Gasteiger partial charge >= 0.3 is 5.97 Å². The molecule has 0 radical (unpaired) electrons. The minimum Gasteiger partial charge on any atom is -0.456 e. The first-order chi connectivity index (χ1) is 15.4. The number of nitrogens with one attached hydrogen (secondary N) is 1. The molecule has 0 saturated carbocycles. The molecule has 4 aromatic rings. The lowest BCUT2D eigenvalue weighted by molar-refractivity contribution is 0.0469. The average molecular weight is 492 g/mol. The van der Waals surface area contributed by atoms with Gasteiger partial charge in [0, 0.05) is 22.3 Å². The number of fused-ring (bicyclic) bond motifs is 1. The van der Waals surface area contributed by atoms with Gasteiger partial charge in [0.05, 0.1) is 16.9 Å². The second kappa shape index (κ2) is 9.15. The maximum Gasteiger partial charge on any atom is 0.340 e. The number of esters is 1. The summed E-state index contributed by atoms with van der Waals surface area (Å²) in [5.74, 6) is -0.965. The summed E-state index contributed by atoms with van der Waals surface area (Å²) in [6.45, 7) is 1.72. The van der Waals surface area contributed by atoms with Crippen molar-refractivity contribution in [2.24, 2.45) is 0 Å². The number of halogens is 1. The number of carbonyl (C=O) groups is 2. The highest BCUT2D eigenvalue weighted by Crippen LogP contribution is 2.18. The van der Waals surface area contributed by atoms with E-state index in [2.05, 4.69) is 26.2 Å². The van der Waals surface area contributed by atoms with E-state index in [1.165, 1.54) is 10.5 Å². The van der Waals surface area contributed by atoms with Crippen molar-refractivity contribution < 1.29 is 14.3 Å². The highest BCUT2D eigenvalue weighted by molar-refractivity contribution is 9.10. The number of ether oxygens (including phenoxy) is 1. The maximum atomic E-state index is 12.7. The number of hydrogen-bond donors (Lipinski definition) is 1. The van der Waals surface area contributed by atoms with E-state index in [0.717, 1.165) is 10.0 Å². The molecular formula is C24H18BrN3O4. The molecule has 8 heteroatoms. The van der Waals surface area contributed by atoms with Gasteiger partial charge in [0.15, 0.2) is 0 Å². The molecule has 2 heterocycles. The van der Waals surface area contributed by atoms with Gasteiger partial charge < -0.3 is 10.1 Å². The topological polar surface area (TPSA) is 89.8 Å². The van der Waals surface area contributed by atoms with Crippen LogP contribution in [0.5, 0.6) is 0 Å². The van der Waals surface area contributed by atoms with Gasteiger partial charge in [-0.25, -0.2) is 9.78 Å². The Balaban J connectivity index is 1.51. The first-order valence-electron chi connectivity index (χ1n) is 9.73. The average Bonchev–Trinajstić information content (AvgIpc) is 2.78. The second-order valence-electron chi connectivity index (χ2n) is 7.11. The predicted octanol–water partition coefficient (Wildman–Crippen LogP) is 4.37. The number of rotatable bonds is 5. The van der Waals surface area contributed by atoms with Crippen molar-refractivity contribution in [3.8, 4) is 0 Å². The van der Waals surface area contributed by atoms with Crippen LogP contribution in [-0.4, -0.2) is 21.3 Å². The van der Waals surface area contributed by atoms with Gasteiger partial charge in [-0.1, -0.05) is 29.8 Å². The lowest BCUT2D eigenvalue weighted by Gasteiger charge is -2.11. The summed E-state index contributed by atoms with van der Waals surface area (Å²) in [5, 5.41) is 2.76. The lowest BCUT2D eigenvalue weighted by atomic mass is 10.1. The number of amides is 1. The van der Waals surface area contributed by atoms with E-state index in [9.17, 15) is 14.4 Å². The molecule has 1 N–H and O–H groups in total. The molecule has 2 aromatic carbocycles. The summed E-state index contributed by atoms with van der Waals surface area (Å²) in [4.78, 5) is 42.0. The number of aryl methyl sites for hydroxylation is 1. The molecule has 160 valence electrons. The summed E-state index contributed by atoms with van der Waals surface area (Å²) in [6, 6.07) is 18.5. The Hall–Kier alpha value is -3.78. The van der Waals surface area contributed by atoms with E-state index in [1.807, 2.05) is 13.0 Å².